The predicted octanol–water partition coefficient (Wildman–Crippen LogP) is 5.63. The molecule has 124 valence electrons. The summed E-state index contributed by atoms with van der Waals surface area (Å²) in [5.41, 5.74) is 2.12. The van der Waals surface area contributed by atoms with Crippen molar-refractivity contribution >= 4 is 51.9 Å². The number of piperidine rings is 1. The summed E-state index contributed by atoms with van der Waals surface area (Å²) in [6, 6.07) is 14.0. The fourth-order valence-corrected chi connectivity index (χ4v) is 4.54. The number of benzene rings is 2. The van der Waals surface area contributed by atoms with E-state index < -0.39 is 0 Å². The van der Waals surface area contributed by atoms with Crippen molar-refractivity contribution in [2.75, 3.05) is 18.0 Å². The highest BCUT2D eigenvalue weighted by Gasteiger charge is 2.22. The zero-order valence-corrected chi connectivity index (χ0v) is 15.3. The summed E-state index contributed by atoms with van der Waals surface area (Å²) in [5.74, 6) is 0.981. The first-order valence-electron chi connectivity index (χ1n) is 8.00. The number of hydrogen-bond donors (Lipinski definition) is 1. The Balaban J connectivity index is 1.40. The van der Waals surface area contributed by atoms with Gasteiger partial charge in [0.1, 0.15) is 0 Å². The molecule has 0 amide bonds. The Kier molecular flexibility index (Phi) is 4.61. The van der Waals surface area contributed by atoms with Gasteiger partial charge in [-0.25, -0.2) is 4.98 Å². The van der Waals surface area contributed by atoms with Gasteiger partial charge in [0.2, 0.25) is 5.95 Å². The van der Waals surface area contributed by atoms with Crippen molar-refractivity contribution < 1.29 is 0 Å². The van der Waals surface area contributed by atoms with Gasteiger partial charge in [0.05, 0.1) is 21.1 Å². The smallest absolute Gasteiger partial charge is 0.203 e. The van der Waals surface area contributed by atoms with Crippen molar-refractivity contribution in [2.45, 2.75) is 23.0 Å². The minimum atomic E-state index is 0.600. The van der Waals surface area contributed by atoms with Crippen molar-refractivity contribution in [3.05, 3.63) is 52.5 Å². The normalized spacial score (nSPS) is 16.0. The second-order valence-electron chi connectivity index (χ2n) is 5.96. The zero-order valence-electron chi connectivity index (χ0n) is 13.0. The maximum Gasteiger partial charge on any atom is 0.203 e. The highest BCUT2D eigenvalue weighted by atomic mass is 35.5. The Bertz CT molecular complexity index is 823. The molecular weight excluding hydrogens is 361 g/mol. The first-order valence-corrected chi connectivity index (χ1v) is 9.64. The lowest BCUT2D eigenvalue weighted by Gasteiger charge is -2.31. The molecule has 1 aromatic heterocycles. The minimum Gasteiger partial charge on any atom is -0.342 e. The highest BCUT2D eigenvalue weighted by molar-refractivity contribution is 8.00. The number of imidazole rings is 1. The lowest BCUT2D eigenvalue weighted by molar-refractivity contribution is 0.583. The largest absolute Gasteiger partial charge is 0.342 e. The molecule has 2 aromatic carbocycles. The Hall–Kier alpha value is -1.36. The van der Waals surface area contributed by atoms with Crippen LogP contribution in [0, 0.1) is 0 Å². The molecule has 0 atom stereocenters. The second kappa shape index (κ2) is 6.87. The number of aromatic nitrogens is 2. The van der Waals surface area contributed by atoms with Crippen LogP contribution in [0.2, 0.25) is 10.0 Å². The number of rotatable bonds is 3. The molecule has 1 fully saturated rings. The summed E-state index contributed by atoms with van der Waals surface area (Å²) >= 11 is 14.0. The van der Waals surface area contributed by atoms with E-state index in [1.165, 1.54) is 4.90 Å². The third-order valence-corrected chi connectivity index (χ3v) is 6.38. The molecule has 3 aromatic rings. The average molecular weight is 378 g/mol. The monoisotopic (exact) mass is 377 g/mol. The molecule has 1 aliphatic heterocycles. The maximum atomic E-state index is 6.11. The van der Waals surface area contributed by atoms with Crippen LogP contribution in [0.1, 0.15) is 12.8 Å². The van der Waals surface area contributed by atoms with Gasteiger partial charge in [-0.05, 0) is 43.2 Å². The summed E-state index contributed by atoms with van der Waals surface area (Å²) in [6.45, 7) is 2.03. The van der Waals surface area contributed by atoms with Crippen LogP contribution >= 0.6 is 35.0 Å². The number of H-pyrrole nitrogens is 1. The van der Waals surface area contributed by atoms with Crippen LogP contribution in [-0.4, -0.2) is 28.3 Å². The van der Waals surface area contributed by atoms with Gasteiger partial charge in [0.25, 0.3) is 0 Å². The lowest BCUT2D eigenvalue weighted by atomic mass is 10.1. The number of fused-ring (bicyclic) bond motifs is 1. The van der Waals surface area contributed by atoms with Crippen molar-refractivity contribution in [3.8, 4) is 0 Å². The molecule has 0 bridgehead atoms. The van der Waals surface area contributed by atoms with Gasteiger partial charge in [-0.3, -0.25) is 0 Å². The van der Waals surface area contributed by atoms with Crippen LogP contribution in [0.25, 0.3) is 11.0 Å². The van der Waals surface area contributed by atoms with Gasteiger partial charge < -0.3 is 9.88 Å². The average Bonchev–Trinajstić information content (AvgIpc) is 3.03. The van der Waals surface area contributed by atoms with Gasteiger partial charge >= 0.3 is 0 Å². The van der Waals surface area contributed by atoms with Crippen LogP contribution in [0.3, 0.4) is 0 Å². The lowest BCUT2D eigenvalue weighted by Crippen LogP contribution is -2.35. The number of anilines is 1. The molecule has 1 aliphatic rings. The summed E-state index contributed by atoms with van der Waals surface area (Å²) in [5, 5.41) is 1.84. The maximum absolute atomic E-state index is 6.11. The van der Waals surface area contributed by atoms with Gasteiger partial charge in [-0.1, -0.05) is 35.3 Å². The van der Waals surface area contributed by atoms with Crippen LogP contribution in [0.5, 0.6) is 0 Å². The van der Waals surface area contributed by atoms with Gasteiger partial charge in [-0.2, -0.15) is 0 Å². The van der Waals surface area contributed by atoms with E-state index in [-0.39, 0.29) is 0 Å². The van der Waals surface area contributed by atoms with Gasteiger partial charge in [0.15, 0.2) is 0 Å². The van der Waals surface area contributed by atoms with Crippen LogP contribution in [-0.2, 0) is 0 Å². The van der Waals surface area contributed by atoms with E-state index in [0.29, 0.717) is 15.3 Å². The topological polar surface area (TPSA) is 31.9 Å². The van der Waals surface area contributed by atoms with E-state index in [1.807, 2.05) is 48.2 Å². The van der Waals surface area contributed by atoms with E-state index in [9.17, 15) is 0 Å². The number of aromatic amines is 1. The molecule has 6 heteroatoms. The zero-order chi connectivity index (χ0) is 16.5. The van der Waals surface area contributed by atoms with Crippen molar-refractivity contribution in [1.29, 1.82) is 0 Å². The van der Waals surface area contributed by atoms with E-state index >= 15 is 0 Å². The predicted molar refractivity (Wildman–Crippen MR) is 104 cm³/mol. The molecule has 4 rings (SSSR count). The number of thioether (sulfide) groups is 1. The molecule has 0 aliphatic carbocycles. The quantitative estimate of drug-likeness (QED) is 0.641. The molecule has 3 nitrogen and oxygen atoms in total. The van der Waals surface area contributed by atoms with E-state index in [0.717, 1.165) is 42.9 Å². The standard InChI is InChI=1S/C18H17Cl2N3S/c19-14-6-5-13(11-15(14)20)24-12-7-9-23(10-8-12)18-21-16-3-1-2-4-17(16)22-18/h1-6,11-12H,7-10H2,(H,21,22). The fourth-order valence-electron chi connectivity index (χ4n) is 3.02. The summed E-state index contributed by atoms with van der Waals surface area (Å²) in [7, 11) is 0. The number of nitrogens with one attached hydrogen (secondary N) is 1. The number of halogens is 2. The van der Waals surface area contributed by atoms with Crippen molar-refractivity contribution in [2.24, 2.45) is 0 Å². The molecule has 1 saturated heterocycles. The van der Waals surface area contributed by atoms with Crippen LogP contribution in [0.15, 0.2) is 47.4 Å². The highest BCUT2D eigenvalue weighted by Crippen LogP contribution is 2.34. The van der Waals surface area contributed by atoms with E-state index in [4.69, 9.17) is 28.2 Å². The van der Waals surface area contributed by atoms with Crippen LogP contribution in [0.4, 0.5) is 5.95 Å². The fraction of sp³-hybridized carbons (Fsp3) is 0.278. The summed E-state index contributed by atoms with van der Waals surface area (Å²) < 4.78 is 0. The van der Waals surface area contributed by atoms with Crippen molar-refractivity contribution in [3.63, 3.8) is 0 Å². The van der Waals surface area contributed by atoms with Gasteiger partial charge in [-0.15, -0.1) is 11.8 Å². The molecule has 24 heavy (non-hydrogen) atoms. The second-order valence-corrected chi connectivity index (χ2v) is 8.15. The van der Waals surface area contributed by atoms with Crippen LogP contribution < -0.4 is 4.90 Å². The number of para-hydroxylation sites is 2. The van der Waals surface area contributed by atoms with E-state index in [2.05, 4.69) is 16.0 Å². The Morgan fingerprint density at radius 1 is 1.04 bits per heavy atom. The van der Waals surface area contributed by atoms with Crippen molar-refractivity contribution in [1.82, 2.24) is 9.97 Å². The Labute approximate surface area is 155 Å². The van der Waals surface area contributed by atoms with Gasteiger partial charge in [0, 0.05) is 23.2 Å². The molecule has 1 N–H and O–H groups in total. The number of hydrogen-bond acceptors (Lipinski definition) is 3. The minimum absolute atomic E-state index is 0.600. The molecule has 0 unspecified atom stereocenters. The molecule has 0 spiro atoms. The molecule has 0 radical (unpaired) electrons. The summed E-state index contributed by atoms with van der Waals surface area (Å²) in [6.07, 6.45) is 2.25. The third-order valence-electron chi connectivity index (χ3n) is 4.31. The summed E-state index contributed by atoms with van der Waals surface area (Å²) in [4.78, 5) is 11.6. The Morgan fingerprint density at radius 2 is 1.83 bits per heavy atom. The number of nitrogens with zero attached hydrogens (tertiary/aromatic N) is 2. The first-order chi connectivity index (χ1) is 11.7. The molecular formula is C18H17Cl2N3S. The Morgan fingerprint density at radius 3 is 2.58 bits per heavy atom. The first kappa shape index (κ1) is 16.1. The molecule has 2 heterocycles. The third kappa shape index (κ3) is 3.37. The van der Waals surface area contributed by atoms with E-state index in [1.54, 1.807) is 0 Å². The molecule has 0 saturated carbocycles. The SMILES string of the molecule is Clc1ccc(SC2CCN(c3nc4ccccc4[nH]3)CC2)cc1Cl.